The molecule has 0 fully saturated rings. The van der Waals surface area contributed by atoms with Crippen molar-refractivity contribution >= 4 is 23.9 Å². The minimum absolute atomic E-state index is 0.169. The Bertz CT molecular complexity index is 1260. The lowest BCUT2D eigenvalue weighted by Gasteiger charge is -2.10. The number of hydrogen-bond donors (Lipinski definition) is 1. The highest BCUT2D eigenvalue weighted by atomic mass is 32.2. The zero-order valence-electron chi connectivity index (χ0n) is 19.5. The highest BCUT2D eigenvalue weighted by Gasteiger charge is 2.17. The van der Waals surface area contributed by atoms with E-state index in [-0.39, 0.29) is 11.7 Å². The summed E-state index contributed by atoms with van der Waals surface area (Å²) < 4.78 is 1.98. The SMILES string of the molecule is Cc1ccc(-n2c(SCC(=O)N/N=C/c3ccc(C(C)C)cc3)nnc2-c2ccccc2)cc1. The Morgan fingerprint density at radius 1 is 1.00 bits per heavy atom. The fraction of sp³-hybridized carbons (Fsp3) is 0.185. The van der Waals surface area contributed by atoms with Crippen LogP contribution in [0.15, 0.2) is 89.1 Å². The molecule has 0 saturated heterocycles. The van der Waals surface area contributed by atoms with Gasteiger partial charge in [0.1, 0.15) is 0 Å². The maximum absolute atomic E-state index is 12.4. The quantitative estimate of drug-likeness (QED) is 0.207. The van der Waals surface area contributed by atoms with Crippen molar-refractivity contribution in [1.82, 2.24) is 20.2 Å². The summed E-state index contributed by atoms with van der Waals surface area (Å²) in [5.74, 6) is 1.17. The average molecular weight is 470 g/mol. The Hall–Kier alpha value is -3.71. The summed E-state index contributed by atoms with van der Waals surface area (Å²) in [4.78, 5) is 12.4. The largest absolute Gasteiger partial charge is 0.272 e. The summed E-state index contributed by atoms with van der Waals surface area (Å²) in [6.45, 7) is 6.36. The fourth-order valence-corrected chi connectivity index (χ4v) is 4.12. The van der Waals surface area contributed by atoms with E-state index in [0.29, 0.717) is 11.1 Å². The molecule has 6 nitrogen and oxygen atoms in total. The van der Waals surface area contributed by atoms with Crippen molar-refractivity contribution in [3.8, 4) is 17.1 Å². The van der Waals surface area contributed by atoms with Gasteiger partial charge in [-0.3, -0.25) is 9.36 Å². The molecule has 0 aliphatic rings. The van der Waals surface area contributed by atoms with Crippen LogP contribution in [0.1, 0.15) is 36.5 Å². The summed E-state index contributed by atoms with van der Waals surface area (Å²) in [6.07, 6.45) is 1.65. The fourth-order valence-electron chi connectivity index (χ4n) is 3.37. The number of hydrazone groups is 1. The van der Waals surface area contributed by atoms with Crippen LogP contribution in [0, 0.1) is 6.92 Å². The van der Waals surface area contributed by atoms with Crippen LogP contribution in [-0.2, 0) is 4.79 Å². The molecule has 1 heterocycles. The van der Waals surface area contributed by atoms with Crippen LogP contribution in [0.3, 0.4) is 0 Å². The average Bonchev–Trinajstić information content (AvgIpc) is 3.28. The molecular formula is C27H27N5OS. The van der Waals surface area contributed by atoms with Gasteiger partial charge in [0.25, 0.3) is 5.91 Å². The Balaban J connectivity index is 1.45. The van der Waals surface area contributed by atoms with Gasteiger partial charge in [-0.25, -0.2) is 5.43 Å². The van der Waals surface area contributed by atoms with Crippen molar-refractivity contribution in [1.29, 1.82) is 0 Å². The van der Waals surface area contributed by atoms with Gasteiger partial charge < -0.3 is 0 Å². The van der Waals surface area contributed by atoms with Crippen molar-refractivity contribution in [2.75, 3.05) is 5.75 Å². The molecular weight excluding hydrogens is 442 g/mol. The molecule has 0 atom stereocenters. The first-order valence-corrected chi connectivity index (χ1v) is 12.1. The second-order valence-electron chi connectivity index (χ2n) is 8.25. The van der Waals surface area contributed by atoms with E-state index in [1.54, 1.807) is 6.21 Å². The third-order valence-electron chi connectivity index (χ3n) is 5.30. The number of aryl methyl sites for hydroxylation is 1. The van der Waals surface area contributed by atoms with Crippen molar-refractivity contribution in [3.05, 3.63) is 95.6 Å². The zero-order valence-corrected chi connectivity index (χ0v) is 20.3. The zero-order chi connectivity index (χ0) is 23.9. The van der Waals surface area contributed by atoms with Crippen molar-refractivity contribution in [2.45, 2.75) is 31.8 Å². The van der Waals surface area contributed by atoms with E-state index in [9.17, 15) is 4.79 Å². The second-order valence-corrected chi connectivity index (χ2v) is 9.19. The van der Waals surface area contributed by atoms with Gasteiger partial charge in [0, 0.05) is 11.3 Å². The van der Waals surface area contributed by atoms with Crippen LogP contribution < -0.4 is 5.43 Å². The Kier molecular flexibility index (Phi) is 7.54. The molecule has 4 aromatic rings. The predicted molar refractivity (Wildman–Crippen MR) is 139 cm³/mol. The lowest BCUT2D eigenvalue weighted by Crippen LogP contribution is -2.20. The Morgan fingerprint density at radius 2 is 1.71 bits per heavy atom. The third kappa shape index (κ3) is 5.80. The highest BCUT2D eigenvalue weighted by molar-refractivity contribution is 7.99. The molecule has 4 rings (SSSR count). The number of nitrogens with one attached hydrogen (secondary N) is 1. The van der Waals surface area contributed by atoms with Gasteiger partial charge in [-0.2, -0.15) is 5.10 Å². The van der Waals surface area contributed by atoms with E-state index in [0.717, 1.165) is 22.6 Å². The van der Waals surface area contributed by atoms with E-state index in [4.69, 9.17) is 0 Å². The topological polar surface area (TPSA) is 72.2 Å². The summed E-state index contributed by atoms with van der Waals surface area (Å²) in [5, 5.41) is 13.5. The van der Waals surface area contributed by atoms with Gasteiger partial charge >= 0.3 is 0 Å². The summed E-state index contributed by atoms with van der Waals surface area (Å²) in [6, 6.07) is 26.2. The van der Waals surface area contributed by atoms with Crippen molar-refractivity contribution in [2.24, 2.45) is 5.10 Å². The highest BCUT2D eigenvalue weighted by Crippen LogP contribution is 2.28. The van der Waals surface area contributed by atoms with Crippen LogP contribution in [0.25, 0.3) is 17.1 Å². The van der Waals surface area contributed by atoms with E-state index in [1.165, 1.54) is 22.9 Å². The number of nitrogens with zero attached hydrogens (tertiary/aromatic N) is 4. The van der Waals surface area contributed by atoms with Crippen LogP contribution >= 0.6 is 11.8 Å². The number of amides is 1. The molecule has 3 aromatic carbocycles. The summed E-state index contributed by atoms with van der Waals surface area (Å²) >= 11 is 1.32. The lowest BCUT2D eigenvalue weighted by atomic mass is 10.0. The number of aromatic nitrogens is 3. The van der Waals surface area contributed by atoms with E-state index in [2.05, 4.69) is 46.7 Å². The smallest absolute Gasteiger partial charge is 0.250 e. The molecule has 1 N–H and O–H groups in total. The van der Waals surface area contributed by atoms with Crippen molar-refractivity contribution in [3.63, 3.8) is 0 Å². The summed E-state index contributed by atoms with van der Waals surface area (Å²) in [7, 11) is 0. The molecule has 0 radical (unpaired) electrons. The number of carbonyl (C=O) groups is 1. The molecule has 0 spiro atoms. The molecule has 34 heavy (non-hydrogen) atoms. The van der Waals surface area contributed by atoms with Gasteiger partial charge in [-0.05, 0) is 36.1 Å². The molecule has 0 bridgehead atoms. The summed E-state index contributed by atoms with van der Waals surface area (Å²) in [5.41, 5.74) is 7.87. The molecule has 0 aliphatic carbocycles. The predicted octanol–water partition coefficient (Wildman–Crippen LogP) is 5.61. The first-order chi connectivity index (χ1) is 16.5. The first-order valence-electron chi connectivity index (χ1n) is 11.1. The monoisotopic (exact) mass is 469 g/mol. The van der Waals surface area contributed by atoms with Gasteiger partial charge in [0.05, 0.1) is 12.0 Å². The van der Waals surface area contributed by atoms with Gasteiger partial charge in [0.2, 0.25) is 0 Å². The van der Waals surface area contributed by atoms with Crippen molar-refractivity contribution < 1.29 is 4.79 Å². The van der Waals surface area contributed by atoms with Crippen LogP contribution in [-0.4, -0.2) is 32.6 Å². The number of carbonyl (C=O) groups excluding carboxylic acids is 1. The van der Waals surface area contributed by atoms with Crippen LogP contribution in [0.4, 0.5) is 0 Å². The van der Waals surface area contributed by atoms with Crippen LogP contribution in [0.5, 0.6) is 0 Å². The maximum atomic E-state index is 12.4. The van der Waals surface area contributed by atoms with E-state index in [1.807, 2.05) is 78.2 Å². The van der Waals surface area contributed by atoms with Gasteiger partial charge in [-0.15, -0.1) is 10.2 Å². The van der Waals surface area contributed by atoms with E-state index < -0.39 is 0 Å². The molecule has 1 aromatic heterocycles. The minimum Gasteiger partial charge on any atom is -0.272 e. The standard InChI is InChI=1S/C27H27N5OS/c1-19(2)22-13-11-21(12-14-22)17-28-29-25(33)18-34-27-31-30-26(23-7-5-4-6-8-23)32(27)24-15-9-20(3)10-16-24/h4-17,19H,18H2,1-3H3,(H,29,33)/b28-17+. The molecule has 1 amide bonds. The normalized spacial score (nSPS) is 11.3. The first kappa shape index (κ1) is 23.4. The number of thioether (sulfide) groups is 1. The lowest BCUT2D eigenvalue weighted by molar-refractivity contribution is -0.118. The Morgan fingerprint density at radius 3 is 2.38 bits per heavy atom. The maximum Gasteiger partial charge on any atom is 0.250 e. The van der Waals surface area contributed by atoms with E-state index >= 15 is 0 Å². The third-order valence-corrected chi connectivity index (χ3v) is 6.22. The number of benzene rings is 3. The molecule has 7 heteroatoms. The molecule has 0 aliphatic heterocycles. The van der Waals surface area contributed by atoms with Gasteiger partial charge in [-0.1, -0.05) is 97.9 Å². The molecule has 0 saturated carbocycles. The minimum atomic E-state index is -0.209. The second kappa shape index (κ2) is 10.9. The number of rotatable bonds is 8. The van der Waals surface area contributed by atoms with Gasteiger partial charge in [0.15, 0.2) is 11.0 Å². The molecule has 172 valence electrons. The number of hydrogen-bond acceptors (Lipinski definition) is 5. The molecule has 0 unspecified atom stereocenters. The Labute approximate surface area is 204 Å². The van der Waals surface area contributed by atoms with Crippen LogP contribution in [0.2, 0.25) is 0 Å².